The van der Waals surface area contributed by atoms with Crippen LogP contribution in [0.4, 0.5) is 0 Å². The third-order valence-corrected chi connectivity index (χ3v) is 2.61. The van der Waals surface area contributed by atoms with Crippen molar-refractivity contribution in [2.45, 2.75) is 6.42 Å². The quantitative estimate of drug-likeness (QED) is 0.821. The summed E-state index contributed by atoms with van der Waals surface area (Å²) < 4.78 is 5.38. The molecule has 0 fully saturated rings. The topological polar surface area (TPSA) is 50.1 Å². The zero-order valence-corrected chi connectivity index (χ0v) is 10.4. The number of ketones is 1. The smallest absolute Gasteiger partial charge is 0.174 e. The summed E-state index contributed by atoms with van der Waals surface area (Å²) in [6.45, 7) is 0.0176. The van der Waals surface area contributed by atoms with Crippen molar-refractivity contribution in [3.63, 3.8) is 0 Å². The van der Waals surface area contributed by atoms with E-state index in [1.807, 2.05) is 36.4 Å². The monoisotopic (exact) mass is 251 g/mol. The zero-order chi connectivity index (χ0) is 13.5. The van der Waals surface area contributed by atoms with Crippen molar-refractivity contribution in [3.05, 3.63) is 65.7 Å². The maximum absolute atomic E-state index is 11.8. The standard InChI is InChI=1S/C16H13NO2/c17-11-14-7-4-8-16(10-14)19-12-15(18)9-13-5-2-1-3-6-13/h1-8,10H,9,12H2. The normalized spacial score (nSPS) is 9.63. The van der Waals surface area contributed by atoms with Crippen LogP contribution in [0, 0.1) is 11.3 Å². The van der Waals surface area contributed by atoms with Gasteiger partial charge in [0.2, 0.25) is 0 Å². The minimum atomic E-state index is 0.00793. The maximum Gasteiger partial charge on any atom is 0.174 e. The van der Waals surface area contributed by atoms with E-state index in [4.69, 9.17) is 10.00 Å². The number of ether oxygens (including phenoxy) is 1. The predicted molar refractivity (Wildman–Crippen MR) is 71.8 cm³/mol. The van der Waals surface area contributed by atoms with Gasteiger partial charge in [0, 0.05) is 6.42 Å². The van der Waals surface area contributed by atoms with E-state index in [0.717, 1.165) is 5.56 Å². The molecule has 19 heavy (non-hydrogen) atoms. The highest BCUT2D eigenvalue weighted by molar-refractivity contribution is 5.82. The van der Waals surface area contributed by atoms with Gasteiger partial charge in [0.05, 0.1) is 11.6 Å². The molecule has 94 valence electrons. The molecule has 3 heteroatoms. The molecule has 0 saturated carbocycles. The number of hydrogen-bond acceptors (Lipinski definition) is 3. The number of Topliss-reactive ketones (excluding diaryl/α,β-unsaturated/α-hetero) is 1. The molecule has 3 nitrogen and oxygen atoms in total. The summed E-state index contributed by atoms with van der Waals surface area (Å²) in [6, 6.07) is 18.3. The molecular formula is C16H13NO2. The van der Waals surface area contributed by atoms with E-state index in [9.17, 15) is 4.79 Å². The molecule has 0 amide bonds. The number of nitriles is 1. The zero-order valence-electron chi connectivity index (χ0n) is 10.4. The molecule has 0 aliphatic rings. The van der Waals surface area contributed by atoms with Gasteiger partial charge in [-0.3, -0.25) is 4.79 Å². The summed E-state index contributed by atoms with van der Waals surface area (Å²) in [6.07, 6.45) is 0.360. The minimum absolute atomic E-state index is 0.00793. The molecule has 0 radical (unpaired) electrons. The summed E-state index contributed by atoms with van der Waals surface area (Å²) in [5, 5.41) is 8.76. The van der Waals surface area contributed by atoms with Gasteiger partial charge < -0.3 is 4.74 Å². The molecule has 0 unspecified atom stereocenters. The molecule has 0 bridgehead atoms. The van der Waals surface area contributed by atoms with Gasteiger partial charge in [0.1, 0.15) is 12.4 Å². The van der Waals surface area contributed by atoms with Gasteiger partial charge >= 0.3 is 0 Å². The van der Waals surface area contributed by atoms with Crippen molar-refractivity contribution in [3.8, 4) is 11.8 Å². The summed E-state index contributed by atoms with van der Waals surface area (Å²) in [5.41, 5.74) is 1.50. The summed E-state index contributed by atoms with van der Waals surface area (Å²) in [7, 11) is 0. The van der Waals surface area contributed by atoms with Crippen molar-refractivity contribution in [1.29, 1.82) is 5.26 Å². The van der Waals surface area contributed by atoms with E-state index in [-0.39, 0.29) is 12.4 Å². The van der Waals surface area contributed by atoms with Gasteiger partial charge in [-0.15, -0.1) is 0 Å². The number of hydrogen-bond donors (Lipinski definition) is 0. The molecule has 0 saturated heterocycles. The van der Waals surface area contributed by atoms with Crippen molar-refractivity contribution in [2.75, 3.05) is 6.61 Å². The van der Waals surface area contributed by atoms with Gasteiger partial charge in [-0.25, -0.2) is 0 Å². The fraction of sp³-hybridized carbons (Fsp3) is 0.125. The fourth-order valence-corrected chi connectivity index (χ4v) is 1.69. The summed E-state index contributed by atoms with van der Waals surface area (Å²) in [4.78, 5) is 11.8. The van der Waals surface area contributed by atoms with Crippen LogP contribution in [0.3, 0.4) is 0 Å². The maximum atomic E-state index is 11.8. The van der Waals surface area contributed by atoms with Crippen molar-refractivity contribution in [2.24, 2.45) is 0 Å². The lowest BCUT2D eigenvalue weighted by atomic mass is 10.1. The van der Waals surface area contributed by atoms with Crippen molar-refractivity contribution >= 4 is 5.78 Å². The van der Waals surface area contributed by atoms with E-state index in [2.05, 4.69) is 0 Å². The minimum Gasteiger partial charge on any atom is -0.486 e. The Morgan fingerprint density at radius 1 is 1.11 bits per heavy atom. The molecular weight excluding hydrogens is 238 g/mol. The average molecular weight is 251 g/mol. The molecule has 0 N–H and O–H groups in total. The average Bonchev–Trinajstić information content (AvgIpc) is 2.46. The number of benzene rings is 2. The van der Waals surface area contributed by atoms with Crippen molar-refractivity contribution in [1.82, 2.24) is 0 Å². The number of rotatable bonds is 5. The molecule has 0 atom stereocenters. The van der Waals surface area contributed by atoms with E-state index in [1.54, 1.807) is 24.3 Å². The first-order valence-corrected chi connectivity index (χ1v) is 5.96. The first-order chi connectivity index (χ1) is 9.28. The highest BCUT2D eigenvalue weighted by atomic mass is 16.5. The molecule has 0 aromatic heterocycles. The lowest BCUT2D eigenvalue weighted by Gasteiger charge is -2.05. The van der Waals surface area contributed by atoms with Crippen LogP contribution in [0.5, 0.6) is 5.75 Å². The van der Waals surface area contributed by atoms with E-state index >= 15 is 0 Å². The molecule has 0 heterocycles. The molecule has 0 aliphatic carbocycles. The van der Waals surface area contributed by atoms with Gasteiger partial charge in [-0.05, 0) is 23.8 Å². The Labute approximate surface area is 112 Å². The largest absolute Gasteiger partial charge is 0.486 e. The van der Waals surface area contributed by atoms with Gasteiger partial charge in [-0.1, -0.05) is 36.4 Å². The third-order valence-electron chi connectivity index (χ3n) is 2.61. The molecule has 0 aliphatic heterocycles. The van der Waals surface area contributed by atoms with Crippen LogP contribution in [-0.4, -0.2) is 12.4 Å². The number of carbonyl (C=O) groups excluding carboxylic acids is 1. The SMILES string of the molecule is N#Cc1cccc(OCC(=O)Cc2ccccc2)c1. The van der Waals surface area contributed by atoms with Gasteiger partial charge in [-0.2, -0.15) is 5.26 Å². The second kappa shape index (κ2) is 6.36. The fourth-order valence-electron chi connectivity index (χ4n) is 1.69. The first-order valence-electron chi connectivity index (χ1n) is 5.96. The highest BCUT2D eigenvalue weighted by Gasteiger charge is 2.05. The number of nitrogens with zero attached hydrogens (tertiary/aromatic N) is 1. The first kappa shape index (κ1) is 12.8. The van der Waals surface area contributed by atoms with Crippen LogP contribution in [0.2, 0.25) is 0 Å². The summed E-state index contributed by atoms with van der Waals surface area (Å²) >= 11 is 0. The van der Waals surface area contributed by atoms with Gasteiger partial charge in [0.15, 0.2) is 5.78 Å². The third kappa shape index (κ3) is 3.97. The van der Waals surface area contributed by atoms with Crippen LogP contribution < -0.4 is 4.74 Å². The lowest BCUT2D eigenvalue weighted by molar-refractivity contribution is -0.120. The number of carbonyl (C=O) groups is 1. The Balaban J connectivity index is 1.88. The molecule has 2 rings (SSSR count). The second-order valence-electron chi connectivity index (χ2n) is 4.13. The molecule has 2 aromatic carbocycles. The molecule has 0 spiro atoms. The Kier molecular flexibility index (Phi) is 4.30. The predicted octanol–water partition coefficient (Wildman–Crippen LogP) is 2.75. The second-order valence-corrected chi connectivity index (χ2v) is 4.13. The molecule has 2 aromatic rings. The Bertz CT molecular complexity index is 600. The van der Waals surface area contributed by atoms with Crippen LogP contribution >= 0.6 is 0 Å². The van der Waals surface area contributed by atoms with Crippen LogP contribution in [0.15, 0.2) is 54.6 Å². The summed E-state index contributed by atoms with van der Waals surface area (Å²) in [5.74, 6) is 0.550. The van der Waals surface area contributed by atoms with E-state index in [1.165, 1.54) is 0 Å². The Morgan fingerprint density at radius 3 is 2.63 bits per heavy atom. The van der Waals surface area contributed by atoms with E-state index < -0.39 is 0 Å². The Hall–Kier alpha value is -2.60. The van der Waals surface area contributed by atoms with Crippen LogP contribution in [0.1, 0.15) is 11.1 Å². The van der Waals surface area contributed by atoms with E-state index in [0.29, 0.717) is 17.7 Å². The lowest BCUT2D eigenvalue weighted by Crippen LogP contribution is -2.13. The van der Waals surface area contributed by atoms with Gasteiger partial charge in [0.25, 0.3) is 0 Å². The van der Waals surface area contributed by atoms with Crippen LogP contribution in [0.25, 0.3) is 0 Å². The highest BCUT2D eigenvalue weighted by Crippen LogP contribution is 2.12. The Morgan fingerprint density at radius 2 is 1.89 bits per heavy atom. The van der Waals surface area contributed by atoms with Crippen molar-refractivity contribution < 1.29 is 9.53 Å². The van der Waals surface area contributed by atoms with Crippen LogP contribution in [-0.2, 0) is 11.2 Å².